The third-order valence-electron chi connectivity index (χ3n) is 4.46. The van der Waals surface area contributed by atoms with E-state index in [1.807, 2.05) is 19.9 Å². The number of pyridine rings is 1. The van der Waals surface area contributed by atoms with Crippen molar-refractivity contribution in [2.24, 2.45) is 0 Å². The fourth-order valence-electron chi connectivity index (χ4n) is 2.87. The molecule has 0 unspecified atom stereocenters. The molecule has 0 amide bonds. The van der Waals surface area contributed by atoms with Crippen LogP contribution in [-0.4, -0.2) is 44.5 Å². The zero-order valence-electron chi connectivity index (χ0n) is 18.1. The second-order valence-corrected chi connectivity index (χ2v) is 6.65. The van der Waals surface area contributed by atoms with E-state index in [1.165, 1.54) is 28.4 Å². The zero-order valence-corrected chi connectivity index (χ0v) is 18.1. The largest absolute Gasteiger partial charge is 0.507 e. The Morgan fingerprint density at radius 2 is 1.67 bits per heavy atom. The van der Waals surface area contributed by atoms with Crippen molar-refractivity contribution in [2.75, 3.05) is 28.4 Å². The monoisotopic (exact) mass is 413 g/mol. The maximum absolute atomic E-state index is 12.5. The van der Waals surface area contributed by atoms with E-state index in [1.54, 1.807) is 30.5 Å². The van der Waals surface area contributed by atoms with Gasteiger partial charge in [-0.1, -0.05) is 23.8 Å². The molecule has 1 aromatic carbocycles. The minimum atomic E-state index is -0.646. The number of phenols is 1. The number of esters is 1. The summed E-state index contributed by atoms with van der Waals surface area (Å²) in [5.41, 5.74) is 2.78. The minimum absolute atomic E-state index is 0.0618. The van der Waals surface area contributed by atoms with Crippen LogP contribution in [0.25, 0.3) is 12.2 Å². The molecule has 160 valence electrons. The molecule has 0 fully saturated rings. The fourth-order valence-corrected chi connectivity index (χ4v) is 2.87. The van der Waals surface area contributed by atoms with Crippen LogP contribution in [0.15, 0.2) is 30.0 Å². The van der Waals surface area contributed by atoms with Crippen molar-refractivity contribution in [2.45, 2.75) is 20.3 Å². The lowest BCUT2D eigenvalue weighted by molar-refractivity contribution is 0.0597. The Labute approximate surface area is 176 Å². The van der Waals surface area contributed by atoms with Gasteiger partial charge in [-0.2, -0.15) is 0 Å². The number of allylic oxidation sites excluding steroid dienone is 2. The molecule has 0 aliphatic heterocycles. The van der Waals surface area contributed by atoms with Gasteiger partial charge in [0.15, 0.2) is 0 Å². The molecule has 0 saturated heterocycles. The van der Waals surface area contributed by atoms with Gasteiger partial charge < -0.3 is 24.1 Å². The van der Waals surface area contributed by atoms with Crippen LogP contribution >= 0.6 is 0 Å². The van der Waals surface area contributed by atoms with Crippen molar-refractivity contribution >= 4 is 18.1 Å². The molecule has 2 rings (SSSR count). The van der Waals surface area contributed by atoms with Gasteiger partial charge in [-0.25, -0.2) is 9.78 Å². The number of rotatable bonds is 8. The van der Waals surface area contributed by atoms with Crippen molar-refractivity contribution < 1.29 is 28.8 Å². The molecule has 1 heterocycles. The van der Waals surface area contributed by atoms with Crippen molar-refractivity contribution in [1.29, 1.82) is 0 Å². The maximum Gasteiger partial charge on any atom is 0.342 e. The van der Waals surface area contributed by atoms with Gasteiger partial charge in [-0.3, -0.25) is 0 Å². The van der Waals surface area contributed by atoms with Gasteiger partial charge in [-0.15, -0.1) is 0 Å². The molecule has 1 aromatic heterocycles. The Kier molecular flexibility index (Phi) is 7.86. The number of ether oxygens (including phenoxy) is 4. The molecule has 0 atom stereocenters. The number of carbonyl (C=O) groups excluding carboxylic acids is 1. The minimum Gasteiger partial charge on any atom is -0.507 e. The Bertz CT molecular complexity index is 974. The molecule has 0 aliphatic carbocycles. The number of benzene rings is 1. The highest BCUT2D eigenvalue weighted by Crippen LogP contribution is 2.37. The Morgan fingerprint density at radius 1 is 1.00 bits per heavy atom. The normalized spacial score (nSPS) is 10.6. The smallest absolute Gasteiger partial charge is 0.342 e. The van der Waals surface area contributed by atoms with Crippen LogP contribution in [0.3, 0.4) is 0 Å². The van der Waals surface area contributed by atoms with Crippen LogP contribution < -0.4 is 14.2 Å². The molecule has 0 aliphatic rings. The van der Waals surface area contributed by atoms with Crippen LogP contribution in [0.2, 0.25) is 0 Å². The number of methoxy groups -OCH3 is 4. The number of hydrogen-bond donors (Lipinski definition) is 1. The lowest BCUT2D eigenvalue weighted by Crippen LogP contribution is -2.07. The fraction of sp³-hybridized carbons (Fsp3) is 0.304. The van der Waals surface area contributed by atoms with Crippen molar-refractivity contribution in [3.05, 3.63) is 52.2 Å². The quantitative estimate of drug-likeness (QED) is 0.510. The average molecular weight is 413 g/mol. The predicted molar refractivity (Wildman–Crippen MR) is 115 cm³/mol. The molecule has 0 bridgehead atoms. The number of phenolic OH excluding ortho intramolecular Hbond substituents is 1. The van der Waals surface area contributed by atoms with Gasteiger partial charge in [0.05, 0.1) is 34.6 Å². The molecule has 7 nitrogen and oxygen atoms in total. The molecule has 0 spiro atoms. The number of carbonyl (C=O) groups is 1. The van der Waals surface area contributed by atoms with Crippen LogP contribution in [0.1, 0.15) is 40.9 Å². The highest BCUT2D eigenvalue weighted by atomic mass is 16.5. The van der Waals surface area contributed by atoms with Gasteiger partial charge in [0, 0.05) is 17.2 Å². The van der Waals surface area contributed by atoms with Crippen LogP contribution in [-0.2, 0) is 11.2 Å². The summed E-state index contributed by atoms with van der Waals surface area (Å²) in [5.74, 6) is 0.603. The molecule has 30 heavy (non-hydrogen) atoms. The van der Waals surface area contributed by atoms with Crippen molar-refractivity contribution in [3.8, 4) is 23.1 Å². The maximum atomic E-state index is 12.5. The van der Waals surface area contributed by atoms with Crippen LogP contribution in [0.5, 0.6) is 23.1 Å². The van der Waals surface area contributed by atoms with E-state index in [4.69, 9.17) is 18.9 Å². The van der Waals surface area contributed by atoms with Crippen LogP contribution in [0, 0.1) is 0 Å². The van der Waals surface area contributed by atoms with E-state index in [0.29, 0.717) is 40.5 Å². The summed E-state index contributed by atoms with van der Waals surface area (Å²) in [7, 11) is 5.84. The van der Waals surface area contributed by atoms with Gasteiger partial charge >= 0.3 is 5.97 Å². The van der Waals surface area contributed by atoms with Crippen molar-refractivity contribution in [1.82, 2.24) is 4.98 Å². The summed E-state index contributed by atoms with van der Waals surface area (Å²) in [6.45, 7) is 3.91. The summed E-state index contributed by atoms with van der Waals surface area (Å²) in [6, 6.07) is 3.40. The second kappa shape index (κ2) is 10.3. The van der Waals surface area contributed by atoms with Gasteiger partial charge in [0.2, 0.25) is 5.88 Å². The lowest BCUT2D eigenvalue weighted by Gasteiger charge is -2.15. The zero-order chi connectivity index (χ0) is 22.3. The molecular weight excluding hydrogens is 386 g/mol. The first-order chi connectivity index (χ1) is 14.4. The summed E-state index contributed by atoms with van der Waals surface area (Å²) >= 11 is 0. The Morgan fingerprint density at radius 3 is 2.23 bits per heavy atom. The van der Waals surface area contributed by atoms with Gasteiger partial charge in [0.25, 0.3) is 0 Å². The summed E-state index contributed by atoms with van der Waals surface area (Å²) in [6.07, 6.45) is 7.32. The molecular formula is C23H27NO6. The summed E-state index contributed by atoms with van der Waals surface area (Å²) < 4.78 is 20.9. The first-order valence-corrected chi connectivity index (χ1v) is 9.26. The first-order valence-electron chi connectivity index (χ1n) is 9.26. The molecule has 0 saturated carbocycles. The third kappa shape index (κ3) is 5.11. The standard InChI is InChI=1S/C23H27NO6/c1-14(2)7-10-17-18(27-3)11-16(21(22(17)25)23(26)30-6)9-8-15-12-20(29-5)24-13-19(15)28-4/h7-9,11-13,25H,10H2,1-6H3/b9-8+. The topological polar surface area (TPSA) is 87.1 Å². The number of aromatic hydroxyl groups is 1. The van der Waals surface area contributed by atoms with Crippen molar-refractivity contribution in [3.63, 3.8) is 0 Å². The second-order valence-electron chi connectivity index (χ2n) is 6.65. The summed E-state index contributed by atoms with van der Waals surface area (Å²) in [4.78, 5) is 16.6. The third-order valence-corrected chi connectivity index (χ3v) is 4.46. The van der Waals surface area contributed by atoms with E-state index in [-0.39, 0.29) is 11.3 Å². The van der Waals surface area contributed by atoms with Gasteiger partial charge in [-0.05, 0) is 31.9 Å². The van der Waals surface area contributed by atoms with Gasteiger partial charge in [0.1, 0.15) is 22.8 Å². The Hall–Kier alpha value is -3.48. The van der Waals surface area contributed by atoms with E-state index in [2.05, 4.69) is 4.98 Å². The average Bonchev–Trinajstić information content (AvgIpc) is 2.75. The Balaban J connectivity index is 2.64. The first kappa shape index (κ1) is 22.8. The number of hydrogen-bond acceptors (Lipinski definition) is 7. The lowest BCUT2D eigenvalue weighted by atomic mass is 9.97. The number of nitrogens with zero attached hydrogens (tertiary/aromatic N) is 1. The molecule has 7 heteroatoms. The predicted octanol–water partition coefficient (Wildman–Crippen LogP) is 4.28. The molecule has 1 N–H and O–H groups in total. The highest BCUT2D eigenvalue weighted by Gasteiger charge is 2.22. The summed E-state index contributed by atoms with van der Waals surface area (Å²) in [5, 5.41) is 10.9. The molecule has 0 radical (unpaired) electrons. The molecule has 2 aromatic rings. The SMILES string of the molecule is COC(=O)c1c(/C=C/c2cc(OC)ncc2OC)cc(OC)c(CC=C(C)C)c1O. The van der Waals surface area contributed by atoms with E-state index >= 15 is 0 Å². The van der Waals surface area contributed by atoms with E-state index in [9.17, 15) is 9.90 Å². The van der Waals surface area contributed by atoms with Crippen LogP contribution in [0.4, 0.5) is 0 Å². The highest BCUT2D eigenvalue weighted by molar-refractivity contribution is 5.98. The number of aromatic nitrogens is 1. The van der Waals surface area contributed by atoms with E-state index in [0.717, 1.165) is 5.57 Å². The van der Waals surface area contributed by atoms with E-state index < -0.39 is 5.97 Å².